The van der Waals surface area contributed by atoms with Crippen molar-refractivity contribution in [2.24, 2.45) is 7.05 Å². The third-order valence-corrected chi connectivity index (χ3v) is 4.54. The van der Waals surface area contributed by atoms with Gasteiger partial charge in [-0.15, -0.1) is 0 Å². The van der Waals surface area contributed by atoms with E-state index in [1.165, 1.54) is 10.9 Å². The Balaban J connectivity index is 1.89. The van der Waals surface area contributed by atoms with Crippen LogP contribution in [-0.2, 0) is 21.8 Å². The molecule has 0 aromatic carbocycles. The number of sulfonamides is 1. The van der Waals surface area contributed by atoms with Crippen molar-refractivity contribution in [2.45, 2.75) is 4.90 Å². The van der Waals surface area contributed by atoms with Crippen LogP contribution >= 0.6 is 0 Å². The fourth-order valence-electron chi connectivity index (χ4n) is 1.87. The molecule has 1 aromatic heterocycles. The van der Waals surface area contributed by atoms with Gasteiger partial charge in [0.25, 0.3) is 0 Å². The molecule has 3 N–H and O–H groups in total. The van der Waals surface area contributed by atoms with Gasteiger partial charge in [-0.05, 0) is 0 Å². The van der Waals surface area contributed by atoms with E-state index < -0.39 is 10.0 Å². The number of hydrogen-bond donors (Lipinski definition) is 2. The molecule has 2 heterocycles. The molecule has 0 spiro atoms. The topological polar surface area (TPSA) is 102 Å². The van der Waals surface area contributed by atoms with Crippen molar-refractivity contribution in [1.29, 1.82) is 0 Å². The second-order valence-electron chi connectivity index (χ2n) is 4.37. The van der Waals surface area contributed by atoms with Gasteiger partial charge in [-0.25, -0.2) is 13.1 Å². The maximum Gasteiger partial charge on any atom is 0.245 e. The summed E-state index contributed by atoms with van der Waals surface area (Å²) in [6.45, 7) is 4.05. The lowest BCUT2D eigenvalue weighted by molar-refractivity contribution is 0.0390. The molecule has 0 amide bonds. The first-order chi connectivity index (χ1) is 9.00. The molecule has 108 valence electrons. The first-order valence-corrected chi connectivity index (χ1v) is 7.56. The summed E-state index contributed by atoms with van der Waals surface area (Å²) < 4.78 is 33.1. The molecular formula is C10H19N5O3S. The number of rotatable bonds is 5. The van der Waals surface area contributed by atoms with Crippen molar-refractivity contribution in [3.63, 3.8) is 0 Å². The van der Waals surface area contributed by atoms with Crippen LogP contribution in [0.3, 0.4) is 0 Å². The quantitative estimate of drug-likeness (QED) is 0.692. The lowest BCUT2D eigenvalue weighted by Gasteiger charge is -2.26. The van der Waals surface area contributed by atoms with Gasteiger partial charge in [0.2, 0.25) is 10.0 Å². The number of nitrogen functional groups attached to an aromatic ring is 1. The van der Waals surface area contributed by atoms with Gasteiger partial charge in [-0.1, -0.05) is 0 Å². The zero-order chi connectivity index (χ0) is 13.9. The van der Waals surface area contributed by atoms with Crippen LogP contribution in [0.4, 0.5) is 5.82 Å². The Bertz CT molecular complexity index is 521. The second kappa shape index (κ2) is 5.87. The predicted octanol–water partition coefficient (Wildman–Crippen LogP) is -1.39. The third kappa shape index (κ3) is 3.44. The Hall–Kier alpha value is -1.16. The average molecular weight is 289 g/mol. The van der Waals surface area contributed by atoms with Crippen LogP contribution in [0.1, 0.15) is 0 Å². The molecule has 9 heteroatoms. The summed E-state index contributed by atoms with van der Waals surface area (Å²) in [7, 11) is -1.99. The van der Waals surface area contributed by atoms with Crippen molar-refractivity contribution < 1.29 is 13.2 Å². The van der Waals surface area contributed by atoms with E-state index in [-0.39, 0.29) is 10.7 Å². The molecule has 1 aliphatic heterocycles. The van der Waals surface area contributed by atoms with E-state index in [4.69, 9.17) is 10.5 Å². The molecule has 1 saturated heterocycles. The van der Waals surface area contributed by atoms with Crippen molar-refractivity contribution in [2.75, 3.05) is 45.1 Å². The zero-order valence-electron chi connectivity index (χ0n) is 10.9. The molecule has 19 heavy (non-hydrogen) atoms. The molecule has 1 aliphatic rings. The number of aryl methyl sites for hydroxylation is 1. The first kappa shape index (κ1) is 14.3. The van der Waals surface area contributed by atoms with Crippen molar-refractivity contribution in [3.05, 3.63) is 6.20 Å². The third-order valence-electron chi connectivity index (χ3n) is 3.06. The number of ether oxygens (including phenoxy) is 1. The first-order valence-electron chi connectivity index (χ1n) is 6.08. The summed E-state index contributed by atoms with van der Waals surface area (Å²) in [6.07, 6.45) is 1.26. The van der Waals surface area contributed by atoms with Gasteiger partial charge in [0.05, 0.1) is 19.4 Å². The molecule has 2 rings (SSSR count). The van der Waals surface area contributed by atoms with Crippen LogP contribution in [0, 0.1) is 0 Å². The monoisotopic (exact) mass is 289 g/mol. The smallest absolute Gasteiger partial charge is 0.245 e. The highest BCUT2D eigenvalue weighted by Crippen LogP contribution is 2.15. The SMILES string of the molecule is Cn1ncc(S(=O)(=O)NCCN2CCOCC2)c1N. The molecule has 0 atom stereocenters. The van der Waals surface area contributed by atoms with Crippen LogP contribution in [0.2, 0.25) is 0 Å². The Kier molecular flexibility index (Phi) is 4.40. The van der Waals surface area contributed by atoms with E-state index in [0.29, 0.717) is 26.3 Å². The molecule has 0 radical (unpaired) electrons. The van der Waals surface area contributed by atoms with Gasteiger partial charge in [-0.2, -0.15) is 5.10 Å². The van der Waals surface area contributed by atoms with Gasteiger partial charge in [0.1, 0.15) is 10.7 Å². The summed E-state index contributed by atoms with van der Waals surface area (Å²) in [5.74, 6) is 0.138. The number of morpholine rings is 1. The number of nitrogens with one attached hydrogen (secondary N) is 1. The normalized spacial score (nSPS) is 17.7. The standard InChI is InChI=1S/C10H19N5O3S/c1-14-10(11)9(8-12-14)19(16,17)13-2-3-15-4-6-18-7-5-15/h8,13H,2-7,11H2,1H3. The van der Waals surface area contributed by atoms with Crippen molar-refractivity contribution in [1.82, 2.24) is 19.4 Å². The van der Waals surface area contributed by atoms with Gasteiger partial charge in [0.15, 0.2) is 0 Å². The Morgan fingerprint density at radius 3 is 2.74 bits per heavy atom. The maximum absolute atomic E-state index is 12.0. The van der Waals surface area contributed by atoms with Crippen LogP contribution in [0.5, 0.6) is 0 Å². The van der Waals surface area contributed by atoms with Gasteiger partial charge in [-0.3, -0.25) is 9.58 Å². The summed E-state index contributed by atoms with van der Waals surface area (Å²) in [5.41, 5.74) is 5.66. The van der Waals surface area contributed by atoms with Gasteiger partial charge >= 0.3 is 0 Å². The summed E-state index contributed by atoms with van der Waals surface area (Å²) >= 11 is 0. The maximum atomic E-state index is 12.0. The van der Waals surface area contributed by atoms with E-state index in [2.05, 4.69) is 14.7 Å². The Morgan fingerprint density at radius 2 is 2.16 bits per heavy atom. The summed E-state index contributed by atoms with van der Waals surface area (Å²) in [5, 5.41) is 3.83. The van der Waals surface area contributed by atoms with E-state index in [1.807, 2.05) is 0 Å². The second-order valence-corrected chi connectivity index (χ2v) is 6.10. The molecule has 0 saturated carbocycles. The largest absolute Gasteiger partial charge is 0.383 e. The molecule has 8 nitrogen and oxygen atoms in total. The lowest BCUT2D eigenvalue weighted by Crippen LogP contribution is -2.41. The Morgan fingerprint density at radius 1 is 1.47 bits per heavy atom. The molecule has 1 aromatic rings. The van der Waals surface area contributed by atoms with E-state index in [1.54, 1.807) is 7.05 Å². The van der Waals surface area contributed by atoms with Crippen molar-refractivity contribution >= 4 is 15.8 Å². The summed E-state index contributed by atoms with van der Waals surface area (Å²) in [4.78, 5) is 2.18. The predicted molar refractivity (Wildman–Crippen MR) is 70.1 cm³/mol. The van der Waals surface area contributed by atoms with E-state index in [9.17, 15) is 8.42 Å². The number of hydrogen-bond acceptors (Lipinski definition) is 6. The molecule has 0 bridgehead atoms. The van der Waals surface area contributed by atoms with E-state index >= 15 is 0 Å². The molecule has 1 fully saturated rings. The van der Waals surface area contributed by atoms with Crippen LogP contribution < -0.4 is 10.5 Å². The highest BCUT2D eigenvalue weighted by atomic mass is 32.2. The summed E-state index contributed by atoms with van der Waals surface area (Å²) in [6, 6.07) is 0. The van der Waals surface area contributed by atoms with Crippen LogP contribution in [-0.4, -0.2) is 62.5 Å². The lowest BCUT2D eigenvalue weighted by atomic mass is 10.4. The number of anilines is 1. The minimum Gasteiger partial charge on any atom is -0.383 e. The number of aromatic nitrogens is 2. The zero-order valence-corrected chi connectivity index (χ0v) is 11.7. The Labute approximate surface area is 112 Å². The fraction of sp³-hybridized carbons (Fsp3) is 0.700. The minimum atomic E-state index is -3.59. The van der Waals surface area contributed by atoms with Crippen molar-refractivity contribution in [3.8, 4) is 0 Å². The fourth-order valence-corrected chi connectivity index (χ4v) is 2.98. The van der Waals surface area contributed by atoms with Gasteiger partial charge in [0, 0.05) is 33.2 Å². The number of nitrogens with zero attached hydrogens (tertiary/aromatic N) is 3. The van der Waals surface area contributed by atoms with Crippen LogP contribution in [0.25, 0.3) is 0 Å². The highest BCUT2D eigenvalue weighted by molar-refractivity contribution is 7.89. The highest BCUT2D eigenvalue weighted by Gasteiger charge is 2.20. The van der Waals surface area contributed by atoms with Gasteiger partial charge < -0.3 is 10.5 Å². The average Bonchev–Trinajstić information content (AvgIpc) is 2.72. The molecular weight excluding hydrogens is 270 g/mol. The van der Waals surface area contributed by atoms with Crippen LogP contribution in [0.15, 0.2) is 11.1 Å². The molecule has 0 aliphatic carbocycles. The minimum absolute atomic E-state index is 0.0250. The molecule has 0 unspecified atom stereocenters. The number of nitrogens with two attached hydrogens (primary N) is 1. The van der Waals surface area contributed by atoms with E-state index in [0.717, 1.165) is 13.1 Å².